The molecule has 0 fully saturated rings. The SMILES string of the molecule is CCCn1nccc1CNc1cccc(S(C)(=O)=O)c1. The lowest BCUT2D eigenvalue weighted by Crippen LogP contribution is -2.09. The maximum Gasteiger partial charge on any atom is 0.175 e. The second kappa shape index (κ2) is 6.09. The highest BCUT2D eigenvalue weighted by Crippen LogP contribution is 2.16. The summed E-state index contributed by atoms with van der Waals surface area (Å²) < 4.78 is 25.0. The summed E-state index contributed by atoms with van der Waals surface area (Å²) in [6.45, 7) is 3.61. The minimum atomic E-state index is -3.17. The summed E-state index contributed by atoms with van der Waals surface area (Å²) in [4.78, 5) is 0.324. The summed E-state index contributed by atoms with van der Waals surface area (Å²) in [7, 11) is -3.17. The van der Waals surface area contributed by atoms with Gasteiger partial charge in [-0.05, 0) is 30.7 Å². The number of nitrogens with one attached hydrogen (secondary N) is 1. The third-order valence-corrected chi connectivity index (χ3v) is 4.09. The molecule has 1 aromatic carbocycles. The first-order chi connectivity index (χ1) is 9.50. The third-order valence-electron chi connectivity index (χ3n) is 2.98. The molecule has 0 radical (unpaired) electrons. The fraction of sp³-hybridized carbons (Fsp3) is 0.357. The van der Waals surface area contributed by atoms with Crippen LogP contribution in [-0.2, 0) is 22.9 Å². The molecule has 0 amide bonds. The van der Waals surface area contributed by atoms with Gasteiger partial charge in [0.2, 0.25) is 0 Å². The van der Waals surface area contributed by atoms with Crippen LogP contribution in [0.2, 0.25) is 0 Å². The minimum Gasteiger partial charge on any atom is -0.379 e. The maximum atomic E-state index is 11.5. The molecule has 0 saturated heterocycles. The molecule has 6 heteroatoms. The van der Waals surface area contributed by atoms with Gasteiger partial charge in [-0.1, -0.05) is 13.0 Å². The predicted molar refractivity (Wildman–Crippen MR) is 79.4 cm³/mol. The molecule has 2 rings (SSSR count). The van der Waals surface area contributed by atoms with E-state index in [1.165, 1.54) is 6.26 Å². The van der Waals surface area contributed by atoms with Gasteiger partial charge in [0.25, 0.3) is 0 Å². The summed E-state index contributed by atoms with van der Waals surface area (Å²) in [5, 5.41) is 7.49. The minimum absolute atomic E-state index is 0.324. The summed E-state index contributed by atoms with van der Waals surface area (Å²) in [6, 6.07) is 8.80. The Morgan fingerprint density at radius 2 is 2.10 bits per heavy atom. The first-order valence-corrected chi connectivity index (χ1v) is 8.44. The highest BCUT2D eigenvalue weighted by Gasteiger charge is 2.07. The van der Waals surface area contributed by atoms with E-state index in [1.54, 1.807) is 24.4 Å². The topological polar surface area (TPSA) is 64.0 Å². The monoisotopic (exact) mass is 293 g/mol. The second-order valence-electron chi connectivity index (χ2n) is 4.70. The molecule has 0 spiro atoms. The van der Waals surface area contributed by atoms with Gasteiger partial charge >= 0.3 is 0 Å². The fourth-order valence-corrected chi connectivity index (χ4v) is 2.62. The number of hydrogen-bond acceptors (Lipinski definition) is 4. The van der Waals surface area contributed by atoms with Crippen molar-refractivity contribution in [3.63, 3.8) is 0 Å². The molecule has 0 atom stereocenters. The zero-order valence-electron chi connectivity index (χ0n) is 11.7. The molecule has 0 aliphatic heterocycles. The number of anilines is 1. The molecule has 0 bridgehead atoms. The lowest BCUT2D eigenvalue weighted by atomic mass is 10.3. The van der Waals surface area contributed by atoms with Crippen molar-refractivity contribution < 1.29 is 8.42 Å². The van der Waals surface area contributed by atoms with Gasteiger partial charge in [-0.15, -0.1) is 0 Å². The largest absolute Gasteiger partial charge is 0.379 e. The van der Waals surface area contributed by atoms with Crippen molar-refractivity contribution in [1.82, 2.24) is 9.78 Å². The van der Waals surface area contributed by atoms with E-state index in [0.717, 1.165) is 24.3 Å². The maximum absolute atomic E-state index is 11.5. The molecule has 1 heterocycles. The third kappa shape index (κ3) is 3.60. The standard InChI is InChI=1S/C14H19N3O2S/c1-3-9-17-13(7-8-16-17)11-15-12-5-4-6-14(10-12)20(2,18)19/h4-8,10,15H,3,9,11H2,1-2H3. The average molecular weight is 293 g/mol. The number of sulfone groups is 1. The summed E-state index contributed by atoms with van der Waals surface area (Å²) in [6.07, 6.45) is 4.01. The quantitative estimate of drug-likeness (QED) is 0.887. The summed E-state index contributed by atoms with van der Waals surface area (Å²) in [5.74, 6) is 0. The first-order valence-electron chi connectivity index (χ1n) is 6.55. The van der Waals surface area contributed by atoms with Gasteiger partial charge in [-0.3, -0.25) is 4.68 Å². The molecule has 5 nitrogen and oxygen atoms in total. The van der Waals surface area contributed by atoms with Gasteiger partial charge in [0, 0.05) is 24.7 Å². The molecular formula is C14H19N3O2S. The highest BCUT2D eigenvalue weighted by molar-refractivity contribution is 7.90. The van der Waals surface area contributed by atoms with E-state index in [0.29, 0.717) is 11.4 Å². The van der Waals surface area contributed by atoms with Crippen molar-refractivity contribution in [1.29, 1.82) is 0 Å². The Morgan fingerprint density at radius 1 is 1.30 bits per heavy atom. The van der Waals surface area contributed by atoms with E-state index in [9.17, 15) is 8.42 Å². The van der Waals surface area contributed by atoms with Crippen LogP contribution in [0, 0.1) is 0 Å². The second-order valence-corrected chi connectivity index (χ2v) is 6.71. The van der Waals surface area contributed by atoms with Crippen LogP contribution in [-0.4, -0.2) is 24.5 Å². The van der Waals surface area contributed by atoms with Crippen LogP contribution in [0.3, 0.4) is 0 Å². The Kier molecular flexibility index (Phi) is 4.44. The molecule has 20 heavy (non-hydrogen) atoms. The van der Waals surface area contributed by atoms with Gasteiger partial charge in [0.05, 0.1) is 17.1 Å². The molecular weight excluding hydrogens is 274 g/mol. The molecule has 0 unspecified atom stereocenters. The van der Waals surface area contributed by atoms with Gasteiger partial charge < -0.3 is 5.32 Å². The molecule has 0 aliphatic rings. The first kappa shape index (κ1) is 14.6. The fourth-order valence-electron chi connectivity index (χ4n) is 1.95. The molecule has 1 aromatic heterocycles. The summed E-state index contributed by atoms with van der Waals surface area (Å²) in [5.41, 5.74) is 1.87. The molecule has 0 saturated carbocycles. The van der Waals surface area contributed by atoms with Gasteiger partial charge in [0.15, 0.2) is 9.84 Å². The van der Waals surface area contributed by atoms with Crippen LogP contribution >= 0.6 is 0 Å². The van der Waals surface area contributed by atoms with Crippen molar-refractivity contribution >= 4 is 15.5 Å². The van der Waals surface area contributed by atoms with E-state index in [-0.39, 0.29) is 0 Å². The normalized spacial score (nSPS) is 11.5. The number of nitrogens with zero attached hydrogens (tertiary/aromatic N) is 2. The van der Waals surface area contributed by atoms with E-state index in [2.05, 4.69) is 17.3 Å². The van der Waals surface area contributed by atoms with E-state index < -0.39 is 9.84 Å². The van der Waals surface area contributed by atoms with Crippen LogP contribution in [0.15, 0.2) is 41.4 Å². The van der Waals surface area contributed by atoms with Crippen molar-refractivity contribution in [2.75, 3.05) is 11.6 Å². The van der Waals surface area contributed by atoms with Crippen LogP contribution in [0.5, 0.6) is 0 Å². The zero-order valence-corrected chi connectivity index (χ0v) is 12.5. The van der Waals surface area contributed by atoms with Gasteiger partial charge in [-0.25, -0.2) is 8.42 Å². The van der Waals surface area contributed by atoms with Crippen LogP contribution in [0.25, 0.3) is 0 Å². The Bertz CT molecular complexity index is 677. The Balaban J connectivity index is 2.09. The van der Waals surface area contributed by atoms with Crippen LogP contribution < -0.4 is 5.32 Å². The van der Waals surface area contributed by atoms with E-state index in [1.807, 2.05) is 16.8 Å². The number of hydrogen-bond donors (Lipinski definition) is 1. The molecule has 1 N–H and O–H groups in total. The van der Waals surface area contributed by atoms with E-state index in [4.69, 9.17) is 0 Å². The lowest BCUT2D eigenvalue weighted by molar-refractivity contribution is 0.578. The van der Waals surface area contributed by atoms with Crippen molar-refractivity contribution in [3.8, 4) is 0 Å². The van der Waals surface area contributed by atoms with E-state index >= 15 is 0 Å². The van der Waals surface area contributed by atoms with Crippen molar-refractivity contribution in [3.05, 3.63) is 42.2 Å². The van der Waals surface area contributed by atoms with Gasteiger partial charge in [-0.2, -0.15) is 5.10 Å². The lowest BCUT2D eigenvalue weighted by Gasteiger charge is -2.09. The predicted octanol–water partition coefficient (Wildman–Crippen LogP) is 2.31. The van der Waals surface area contributed by atoms with Crippen LogP contribution in [0.1, 0.15) is 19.0 Å². The number of benzene rings is 1. The Morgan fingerprint density at radius 3 is 2.80 bits per heavy atom. The summed E-state index contributed by atoms with van der Waals surface area (Å²) >= 11 is 0. The van der Waals surface area contributed by atoms with Crippen molar-refractivity contribution in [2.24, 2.45) is 0 Å². The van der Waals surface area contributed by atoms with Gasteiger partial charge in [0.1, 0.15) is 0 Å². The number of aryl methyl sites for hydroxylation is 1. The van der Waals surface area contributed by atoms with Crippen molar-refractivity contribution in [2.45, 2.75) is 31.3 Å². The smallest absolute Gasteiger partial charge is 0.175 e. The average Bonchev–Trinajstić information content (AvgIpc) is 2.84. The van der Waals surface area contributed by atoms with Crippen LogP contribution in [0.4, 0.5) is 5.69 Å². The molecule has 108 valence electrons. The zero-order chi connectivity index (χ0) is 14.6. The number of aromatic nitrogens is 2. The number of rotatable bonds is 6. The highest BCUT2D eigenvalue weighted by atomic mass is 32.2. The molecule has 0 aliphatic carbocycles. The molecule has 2 aromatic rings. The Labute approximate surface area is 119 Å². The Hall–Kier alpha value is -1.82.